The Hall–Kier alpha value is -2.90. The molecule has 0 unspecified atom stereocenters. The van der Waals surface area contributed by atoms with Crippen molar-refractivity contribution in [2.24, 2.45) is 0 Å². The Morgan fingerprint density at radius 3 is 2.46 bits per heavy atom. The van der Waals surface area contributed by atoms with E-state index in [1.54, 1.807) is 0 Å². The first-order chi connectivity index (χ1) is 13.7. The molecule has 0 bridgehead atoms. The molecule has 0 aliphatic heterocycles. The van der Waals surface area contributed by atoms with Crippen LogP contribution < -0.4 is 5.32 Å². The number of hydrogen-bond acceptors (Lipinski definition) is 5. The van der Waals surface area contributed by atoms with Gasteiger partial charge in [-0.25, -0.2) is 9.97 Å². The highest BCUT2D eigenvalue weighted by Crippen LogP contribution is 2.27. The lowest BCUT2D eigenvalue weighted by atomic mass is 10.2. The Labute approximate surface area is 171 Å². The van der Waals surface area contributed by atoms with Gasteiger partial charge in [-0.1, -0.05) is 60.3 Å². The fourth-order valence-electron chi connectivity index (χ4n) is 2.68. The van der Waals surface area contributed by atoms with Crippen molar-refractivity contribution in [2.45, 2.75) is 12.1 Å². The second kappa shape index (κ2) is 8.41. The van der Waals surface area contributed by atoms with Gasteiger partial charge in [-0.05, 0) is 19.1 Å². The molecule has 4 rings (SSSR count). The molecule has 1 N–H and O–H groups in total. The Morgan fingerprint density at radius 1 is 1.07 bits per heavy atom. The molecule has 0 radical (unpaired) electrons. The average Bonchev–Trinajstić information content (AvgIpc) is 3.34. The van der Waals surface area contributed by atoms with E-state index >= 15 is 0 Å². The van der Waals surface area contributed by atoms with Crippen molar-refractivity contribution in [1.29, 1.82) is 0 Å². The van der Waals surface area contributed by atoms with E-state index in [1.165, 1.54) is 23.1 Å². The van der Waals surface area contributed by atoms with Crippen molar-refractivity contribution >= 4 is 34.1 Å². The van der Waals surface area contributed by atoms with Crippen LogP contribution in [-0.2, 0) is 4.79 Å². The first kappa shape index (κ1) is 18.5. The van der Waals surface area contributed by atoms with Crippen LogP contribution in [0, 0.1) is 6.92 Å². The van der Waals surface area contributed by atoms with Gasteiger partial charge in [0.25, 0.3) is 0 Å². The average molecular weight is 407 g/mol. The summed E-state index contributed by atoms with van der Waals surface area (Å²) < 4.78 is 2.02. The van der Waals surface area contributed by atoms with Crippen LogP contribution >= 0.6 is 23.1 Å². The van der Waals surface area contributed by atoms with E-state index in [0.29, 0.717) is 5.13 Å². The minimum Gasteiger partial charge on any atom is -0.301 e. The van der Waals surface area contributed by atoms with Gasteiger partial charge in [0, 0.05) is 22.8 Å². The lowest BCUT2D eigenvalue weighted by molar-refractivity contribution is -0.113. The maximum atomic E-state index is 12.3. The summed E-state index contributed by atoms with van der Waals surface area (Å²) in [5, 5.41) is 6.15. The molecule has 5 nitrogen and oxygen atoms in total. The van der Waals surface area contributed by atoms with E-state index in [1.807, 2.05) is 83.7 Å². The summed E-state index contributed by atoms with van der Waals surface area (Å²) in [7, 11) is 0. The molecule has 1 amide bonds. The number of nitrogens with zero attached hydrogens (tertiary/aromatic N) is 3. The zero-order valence-corrected chi connectivity index (χ0v) is 16.8. The Bertz CT molecular complexity index is 1070. The van der Waals surface area contributed by atoms with Crippen LogP contribution in [0.2, 0.25) is 0 Å². The lowest BCUT2D eigenvalue weighted by Crippen LogP contribution is -2.14. The van der Waals surface area contributed by atoms with Crippen molar-refractivity contribution < 1.29 is 4.79 Å². The van der Waals surface area contributed by atoms with Gasteiger partial charge in [0.05, 0.1) is 17.1 Å². The van der Waals surface area contributed by atoms with E-state index in [0.717, 1.165) is 27.8 Å². The number of thioether (sulfide) groups is 1. The third kappa shape index (κ3) is 4.32. The predicted molar refractivity (Wildman–Crippen MR) is 115 cm³/mol. The number of aromatic nitrogens is 3. The molecule has 140 valence electrons. The van der Waals surface area contributed by atoms with Gasteiger partial charge in [-0.15, -0.1) is 11.3 Å². The molecule has 0 atom stereocenters. The molecule has 0 saturated carbocycles. The fourth-order valence-corrected chi connectivity index (χ4v) is 4.18. The molecule has 7 heteroatoms. The highest BCUT2D eigenvalue weighted by atomic mass is 32.2. The number of rotatable bonds is 6. The number of imidazole rings is 1. The molecule has 0 saturated heterocycles. The highest BCUT2D eigenvalue weighted by Gasteiger charge is 2.14. The van der Waals surface area contributed by atoms with Gasteiger partial charge in [0.15, 0.2) is 10.3 Å². The summed E-state index contributed by atoms with van der Waals surface area (Å²) in [6.45, 7) is 1.91. The van der Waals surface area contributed by atoms with Crippen molar-refractivity contribution in [3.05, 3.63) is 77.9 Å². The molecule has 0 fully saturated rings. The predicted octanol–water partition coefficient (Wildman–Crippen LogP) is 5.04. The number of para-hydroxylation sites is 1. The second-order valence-electron chi connectivity index (χ2n) is 6.11. The number of carbonyl (C=O) groups is 1. The molecule has 0 aliphatic rings. The Balaban J connectivity index is 1.56. The topological polar surface area (TPSA) is 59.8 Å². The van der Waals surface area contributed by atoms with E-state index in [9.17, 15) is 4.79 Å². The molecule has 0 aliphatic carbocycles. The third-order valence-corrected chi connectivity index (χ3v) is 5.80. The monoisotopic (exact) mass is 406 g/mol. The van der Waals surface area contributed by atoms with Gasteiger partial charge in [-0.2, -0.15) is 0 Å². The SMILES string of the molecule is Cc1csc(NC(=O)CSc2nc(-c3ccccc3)cn2-c2ccccc2)n1. The molecule has 2 heterocycles. The van der Waals surface area contributed by atoms with Gasteiger partial charge >= 0.3 is 0 Å². The maximum absolute atomic E-state index is 12.3. The number of amides is 1. The number of carbonyl (C=O) groups excluding carboxylic acids is 1. The molecule has 28 heavy (non-hydrogen) atoms. The lowest BCUT2D eigenvalue weighted by Gasteiger charge is -2.07. The third-order valence-electron chi connectivity index (χ3n) is 3.98. The van der Waals surface area contributed by atoms with Gasteiger partial charge in [0.1, 0.15) is 0 Å². The van der Waals surface area contributed by atoms with E-state index in [2.05, 4.69) is 10.3 Å². The summed E-state index contributed by atoms with van der Waals surface area (Å²) in [5.74, 6) is 0.166. The number of thiazole rings is 1. The number of hydrogen-bond donors (Lipinski definition) is 1. The van der Waals surface area contributed by atoms with E-state index in [4.69, 9.17) is 4.98 Å². The number of aryl methyl sites for hydroxylation is 1. The van der Waals surface area contributed by atoms with E-state index < -0.39 is 0 Å². The van der Waals surface area contributed by atoms with Crippen LogP contribution in [0.5, 0.6) is 0 Å². The Kier molecular flexibility index (Phi) is 5.55. The normalized spacial score (nSPS) is 10.8. The molecule has 2 aromatic heterocycles. The fraction of sp³-hybridized carbons (Fsp3) is 0.0952. The van der Waals surface area contributed by atoms with Gasteiger partial charge < -0.3 is 5.32 Å². The zero-order chi connectivity index (χ0) is 19.3. The quantitative estimate of drug-likeness (QED) is 0.456. The molecule has 4 aromatic rings. The summed E-state index contributed by atoms with van der Waals surface area (Å²) in [5.41, 5.74) is 3.83. The number of nitrogens with one attached hydrogen (secondary N) is 1. The van der Waals surface area contributed by atoms with Crippen LogP contribution in [0.4, 0.5) is 5.13 Å². The minimum atomic E-state index is -0.0942. The molecular weight excluding hydrogens is 388 g/mol. The first-order valence-corrected chi connectivity index (χ1v) is 10.6. The maximum Gasteiger partial charge on any atom is 0.236 e. The van der Waals surface area contributed by atoms with Gasteiger partial charge in [0.2, 0.25) is 5.91 Å². The van der Waals surface area contributed by atoms with Crippen LogP contribution in [0.3, 0.4) is 0 Å². The van der Waals surface area contributed by atoms with Crippen LogP contribution in [-0.4, -0.2) is 26.2 Å². The molecular formula is C21H18N4OS2. The number of anilines is 1. The minimum absolute atomic E-state index is 0.0942. The molecule has 0 spiro atoms. The van der Waals surface area contributed by atoms with Crippen LogP contribution in [0.1, 0.15) is 5.69 Å². The van der Waals surface area contributed by atoms with Crippen LogP contribution in [0.15, 0.2) is 77.4 Å². The first-order valence-electron chi connectivity index (χ1n) is 8.74. The Morgan fingerprint density at radius 2 is 1.79 bits per heavy atom. The van der Waals surface area contributed by atoms with Crippen molar-refractivity contribution in [2.75, 3.05) is 11.1 Å². The van der Waals surface area contributed by atoms with Crippen molar-refractivity contribution in [3.8, 4) is 16.9 Å². The van der Waals surface area contributed by atoms with Crippen LogP contribution in [0.25, 0.3) is 16.9 Å². The zero-order valence-electron chi connectivity index (χ0n) is 15.2. The second-order valence-corrected chi connectivity index (χ2v) is 7.91. The van der Waals surface area contributed by atoms with Gasteiger partial charge in [-0.3, -0.25) is 9.36 Å². The molecule has 2 aromatic carbocycles. The summed E-state index contributed by atoms with van der Waals surface area (Å²) in [4.78, 5) is 21.4. The van der Waals surface area contributed by atoms with Crippen molar-refractivity contribution in [1.82, 2.24) is 14.5 Å². The summed E-state index contributed by atoms with van der Waals surface area (Å²) in [6.07, 6.45) is 2.01. The smallest absolute Gasteiger partial charge is 0.236 e. The summed E-state index contributed by atoms with van der Waals surface area (Å²) >= 11 is 2.84. The standard InChI is InChI=1S/C21H18N4OS2/c1-15-13-27-20(22-15)24-19(26)14-28-21-23-18(16-8-4-2-5-9-16)12-25(21)17-10-6-3-7-11-17/h2-13H,14H2,1H3,(H,22,24,26). The largest absolute Gasteiger partial charge is 0.301 e. The van der Waals surface area contributed by atoms with E-state index in [-0.39, 0.29) is 11.7 Å². The summed E-state index contributed by atoms with van der Waals surface area (Å²) in [6, 6.07) is 20.0. The number of benzene rings is 2. The highest BCUT2D eigenvalue weighted by molar-refractivity contribution is 7.99. The van der Waals surface area contributed by atoms with Crippen molar-refractivity contribution in [3.63, 3.8) is 0 Å².